The van der Waals surface area contributed by atoms with Gasteiger partial charge in [-0.15, -0.1) is 11.3 Å². The van der Waals surface area contributed by atoms with E-state index in [1.54, 1.807) is 20.8 Å². The monoisotopic (exact) mass is 296 g/mol. The second-order valence-corrected chi connectivity index (χ2v) is 6.45. The number of carbonyl (C=O) groups is 2. The minimum atomic E-state index is -0.990. The predicted molar refractivity (Wildman–Crippen MR) is 79.1 cm³/mol. The van der Waals surface area contributed by atoms with Crippen molar-refractivity contribution in [3.05, 3.63) is 16.5 Å². The molecule has 20 heavy (non-hydrogen) atoms. The average Bonchev–Trinajstić information content (AvgIpc) is 3.10. The van der Waals surface area contributed by atoms with E-state index in [1.165, 1.54) is 11.3 Å². The van der Waals surface area contributed by atoms with Gasteiger partial charge >= 0.3 is 5.97 Å². The van der Waals surface area contributed by atoms with Crippen molar-refractivity contribution in [2.45, 2.75) is 45.1 Å². The van der Waals surface area contributed by atoms with Crippen LogP contribution < -0.4 is 11.1 Å². The summed E-state index contributed by atoms with van der Waals surface area (Å²) in [5.74, 6) is -0.268. The van der Waals surface area contributed by atoms with Crippen LogP contribution in [0.1, 0.15) is 55.5 Å². The number of nitrogens with two attached hydrogens (primary N) is 1. The molecule has 0 radical (unpaired) electrons. The van der Waals surface area contributed by atoms with Crippen LogP contribution in [0.4, 0.5) is 5.00 Å². The highest BCUT2D eigenvalue weighted by Gasteiger charge is 2.33. The van der Waals surface area contributed by atoms with E-state index in [9.17, 15) is 9.59 Å². The Morgan fingerprint density at radius 3 is 2.65 bits per heavy atom. The van der Waals surface area contributed by atoms with E-state index in [4.69, 9.17) is 10.5 Å². The van der Waals surface area contributed by atoms with Crippen LogP contribution in [0.3, 0.4) is 0 Å². The zero-order valence-corrected chi connectivity index (χ0v) is 12.8. The van der Waals surface area contributed by atoms with E-state index in [0.717, 1.165) is 18.4 Å². The van der Waals surface area contributed by atoms with E-state index in [1.807, 2.05) is 5.38 Å². The van der Waals surface area contributed by atoms with E-state index >= 15 is 0 Å². The fourth-order valence-corrected chi connectivity index (χ4v) is 2.86. The van der Waals surface area contributed by atoms with Crippen LogP contribution in [-0.4, -0.2) is 24.0 Å². The lowest BCUT2D eigenvalue weighted by Gasteiger charge is -2.17. The Labute approximate surface area is 122 Å². The lowest BCUT2D eigenvalue weighted by molar-refractivity contribution is -0.120. The number of nitrogens with one attached hydrogen (secondary N) is 1. The molecule has 1 aromatic rings. The normalized spacial score (nSPS) is 15.0. The minimum absolute atomic E-state index is 0.313. The Morgan fingerprint density at radius 2 is 2.15 bits per heavy atom. The van der Waals surface area contributed by atoms with Gasteiger partial charge in [-0.25, -0.2) is 4.79 Å². The van der Waals surface area contributed by atoms with Gasteiger partial charge in [0.25, 0.3) is 0 Å². The second-order valence-electron chi connectivity index (χ2n) is 5.57. The van der Waals surface area contributed by atoms with Crippen molar-refractivity contribution >= 4 is 28.2 Å². The van der Waals surface area contributed by atoms with Gasteiger partial charge < -0.3 is 15.8 Å². The van der Waals surface area contributed by atoms with Gasteiger partial charge in [0.15, 0.2) is 0 Å². The molecular formula is C14H20N2O3S. The fourth-order valence-electron chi connectivity index (χ4n) is 1.84. The molecule has 1 fully saturated rings. The van der Waals surface area contributed by atoms with E-state index in [0.29, 0.717) is 23.1 Å². The molecule has 0 aliphatic heterocycles. The number of amides is 1. The van der Waals surface area contributed by atoms with Crippen molar-refractivity contribution in [1.29, 1.82) is 0 Å². The summed E-state index contributed by atoms with van der Waals surface area (Å²) in [5, 5.41) is 5.22. The van der Waals surface area contributed by atoms with Crippen LogP contribution in [0.15, 0.2) is 5.38 Å². The summed E-state index contributed by atoms with van der Waals surface area (Å²) >= 11 is 1.35. The highest BCUT2D eigenvalue weighted by atomic mass is 32.1. The summed E-state index contributed by atoms with van der Waals surface area (Å²) in [4.78, 5) is 24.1. The van der Waals surface area contributed by atoms with Crippen molar-refractivity contribution in [3.8, 4) is 0 Å². The number of ether oxygens (including phenoxy) is 1. The first-order valence-corrected chi connectivity index (χ1v) is 7.61. The first-order valence-electron chi connectivity index (χ1n) is 6.73. The van der Waals surface area contributed by atoms with Gasteiger partial charge in [0.05, 0.1) is 17.7 Å². The Balaban J connectivity index is 2.28. The van der Waals surface area contributed by atoms with E-state index in [-0.39, 0.29) is 11.9 Å². The number of thiophene rings is 1. The third-order valence-corrected chi connectivity index (χ3v) is 4.04. The molecule has 1 aromatic heterocycles. The Hall–Kier alpha value is -1.40. The zero-order valence-electron chi connectivity index (χ0n) is 12.0. The predicted octanol–water partition coefficient (Wildman–Crippen LogP) is 2.48. The molecule has 110 valence electrons. The van der Waals surface area contributed by atoms with Crippen molar-refractivity contribution in [3.63, 3.8) is 0 Å². The van der Waals surface area contributed by atoms with Gasteiger partial charge in [-0.05, 0) is 50.5 Å². The summed E-state index contributed by atoms with van der Waals surface area (Å²) in [7, 11) is 0. The van der Waals surface area contributed by atoms with Crippen molar-refractivity contribution in [2.24, 2.45) is 5.73 Å². The second kappa shape index (κ2) is 5.54. The van der Waals surface area contributed by atoms with Gasteiger partial charge in [0, 0.05) is 0 Å². The van der Waals surface area contributed by atoms with Crippen molar-refractivity contribution in [1.82, 2.24) is 0 Å². The molecule has 1 aliphatic carbocycles. The molecule has 0 atom stereocenters. The summed E-state index contributed by atoms with van der Waals surface area (Å²) in [6, 6.07) is 0. The van der Waals surface area contributed by atoms with E-state index in [2.05, 4.69) is 5.32 Å². The number of hydrogen-bond acceptors (Lipinski definition) is 5. The molecule has 2 rings (SSSR count). The topological polar surface area (TPSA) is 81.4 Å². The summed E-state index contributed by atoms with van der Waals surface area (Å²) < 4.78 is 5.10. The molecule has 0 spiro atoms. The van der Waals surface area contributed by atoms with Gasteiger partial charge in [-0.1, -0.05) is 0 Å². The first kappa shape index (κ1) is 15.0. The maximum absolute atomic E-state index is 12.1. The van der Waals surface area contributed by atoms with Crippen LogP contribution in [0, 0.1) is 0 Å². The summed E-state index contributed by atoms with van der Waals surface area (Å²) in [6.45, 7) is 5.33. The number of rotatable bonds is 5. The molecule has 0 bridgehead atoms. The van der Waals surface area contributed by atoms with Crippen molar-refractivity contribution in [2.75, 3.05) is 11.9 Å². The van der Waals surface area contributed by atoms with Gasteiger partial charge in [0.1, 0.15) is 5.00 Å². The zero-order chi connectivity index (χ0) is 14.9. The standard InChI is InChI=1S/C14H20N2O3S/c1-4-19-12(17)10-9(8-5-6-8)7-20-11(10)16-13(18)14(2,3)15/h7-8H,4-6,15H2,1-3H3,(H,16,18). The first-order chi connectivity index (χ1) is 9.34. The fraction of sp³-hybridized carbons (Fsp3) is 0.571. The molecular weight excluding hydrogens is 276 g/mol. The Morgan fingerprint density at radius 1 is 1.50 bits per heavy atom. The van der Waals surface area contributed by atoms with Gasteiger partial charge in [-0.3, -0.25) is 4.79 Å². The third kappa shape index (κ3) is 3.19. The minimum Gasteiger partial charge on any atom is -0.462 e. The van der Waals surface area contributed by atoms with Crippen LogP contribution in [0.5, 0.6) is 0 Å². The summed E-state index contributed by atoms with van der Waals surface area (Å²) in [5.41, 5.74) is 6.26. The molecule has 0 aromatic carbocycles. The summed E-state index contributed by atoms with van der Waals surface area (Å²) in [6.07, 6.45) is 2.16. The number of hydrogen-bond donors (Lipinski definition) is 2. The maximum Gasteiger partial charge on any atom is 0.341 e. The highest BCUT2D eigenvalue weighted by Crippen LogP contribution is 2.46. The lowest BCUT2D eigenvalue weighted by Crippen LogP contribution is -2.45. The molecule has 1 aliphatic rings. The molecule has 1 amide bonds. The van der Waals surface area contributed by atoms with Crippen molar-refractivity contribution < 1.29 is 14.3 Å². The quantitative estimate of drug-likeness (QED) is 0.818. The lowest BCUT2D eigenvalue weighted by atomic mass is 10.1. The van der Waals surface area contributed by atoms with Gasteiger partial charge in [0.2, 0.25) is 5.91 Å². The SMILES string of the molecule is CCOC(=O)c1c(C2CC2)csc1NC(=O)C(C)(C)N. The smallest absolute Gasteiger partial charge is 0.341 e. The number of carbonyl (C=O) groups excluding carboxylic acids is 2. The molecule has 1 saturated carbocycles. The molecule has 3 N–H and O–H groups in total. The number of esters is 1. The number of anilines is 1. The Bertz CT molecular complexity index is 527. The Kier molecular flexibility index (Phi) is 4.15. The average molecular weight is 296 g/mol. The largest absolute Gasteiger partial charge is 0.462 e. The maximum atomic E-state index is 12.1. The molecule has 0 saturated heterocycles. The van der Waals surface area contributed by atoms with Crippen LogP contribution in [0.2, 0.25) is 0 Å². The van der Waals surface area contributed by atoms with Crippen LogP contribution in [-0.2, 0) is 9.53 Å². The molecule has 0 unspecified atom stereocenters. The molecule has 6 heteroatoms. The molecule has 5 nitrogen and oxygen atoms in total. The van der Waals surface area contributed by atoms with Gasteiger partial charge in [-0.2, -0.15) is 0 Å². The van der Waals surface area contributed by atoms with Crippen LogP contribution >= 0.6 is 11.3 Å². The van der Waals surface area contributed by atoms with Crippen LogP contribution in [0.25, 0.3) is 0 Å². The van der Waals surface area contributed by atoms with E-state index < -0.39 is 5.54 Å². The molecule has 1 heterocycles. The highest BCUT2D eigenvalue weighted by molar-refractivity contribution is 7.15. The third-order valence-electron chi connectivity index (χ3n) is 3.13.